The number of thioether (sulfide) groups is 1. The molecular weight excluding hydrogens is 350 g/mol. The third-order valence-corrected chi connectivity index (χ3v) is 4.48. The number of hydrogen-bond acceptors (Lipinski definition) is 5. The summed E-state index contributed by atoms with van der Waals surface area (Å²) >= 11 is 1.29. The number of nitrogens with zero attached hydrogens (tertiary/aromatic N) is 3. The average molecular weight is 367 g/mol. The Kier molecular flexibility index (Phi) is 5.65. The maximum Gasteiger partial charge on any atom is 0.255 e. The predicted molar refractivity (Wildman–Crippen MR) is 101 cm³/mol. The molecule has 0 bridgehead atoms. The molecule has 0 aliphatic heterocycles. The number of aryl methyl sites for hydroxylation is 1. The maximum absolute atomic E-state index is 12.3. The number of hydrogen-bond donors (Lipinski definition) is 2. The molecule has 0 atom stereocenters. The van der Waals surface area contributed by atoms with Crippen LogP contribution in [0, 0.1) is 0 Å². The smallest absolute Gasteiger partial charge is 0.255 e. The van der Waals surface area contributed by atoms with Crippen LogP contribution in [0.3, 0.4) is 0 Å². The van der Waals surface area contributed by atoms with Crippen molar-refractivity contribution in [1.29, 1.82) is 0 Å². The molecule has 1 heterocycles. The van der Waals surface area contributed by atoms with Gasteiger partial charge in [-0.05, 0) is 30.3 Å². The quantitative estimate of drug-likeness (QED) is 0.654. The van der Waals surface area contributed by atoms with Crippen LogP contribution in [0.15, 0.2) is 66.1 Å². The first-order valence-corrected chi connectivity index (χ1v) is 8.83. The second kappa shape index (κ2) is 8.30. The van der Waals surface area contributed by atoms with Crippen molar-refractivity contribution in [3.05, 3.63) is 66.5 Å². The fraction of sp³-hybridized carbons (Fsp3) is 0.111. The van der Waals surface area contributed by atoms with E-state index in [-0.39, 0.29) is 17.6 Å². The van der Waals surface area contributed by atoms with E-state index < -0.39 is 0 Å². The van der Waals surface area contributed by atoms with E-state index in [1.165, 1.54) is 11.8 Å². The largest absolute Gasteiger partial charge is 0.325 e. The molecule has 26 heavy (non-hydrogen) atoms. The zero-order chi connectivity index (χ0) is 18.4. The summed E-state index contributed by atoms with van der Waals surface area (Å²) in [5.74, 6) is -0.216. The summed E-state index contributed by atoms with van der Waals surface area (Å²) in [6.07, 6.45) is 1.58. The van der Waals surface area contributed by atoms with Crippen LogP contribution in [-0.2, 0) is 11.8 Å². The van der Waals surface area contributed by atoms with Crippen molar-refractivity contribution < 1.29 is 9.59 Å². The number of amides is 2. The van der Waals surface area contributed by atoms with Crippen LogP contribution in [0.4, 0.5) is 11.4 Å². The lowest BCUT2D eigenvalue weighted by molar-refractivity contribution is -0.113. The van der Waals surface area contributed by atoms with E-state index in [1.807, 2.05) is 37.4 Å². The Hall–Kier alpha value is -3.13. The minimum absolute atomic E-state index is 0.182. The monoisotopic (exact) mass is 367 g/mol. The molecule has 2 amide bonds. The summed E-state index contributed by atoms with van der Waals surface area (Å²) in [4.78, 5) is 24.4. The van der Waals surface area contributed by atoms with Gasteiger partial charge in [0.1, 0.15) is 6.33 Å². The van der Waals surface area contributed by atoms with E-state index in [0.717, 1.165) is 0 Å². The molecule has 8 heteroatoms. The van der Waals surface area contributed by atoms with Crippen LogP contribution < -0.4 is 10.6 Å². The Morgan fingerprint density at radius 2 is 1.81 bits per heavy atom. The summed E-state index contributed by atoms with van der Waals surface area (Å²) in [7, 11) is 1.81. The fourth-order valence-corrected chi connectivity index (χ4v) is 2.88. The third kappa shape index (κ3) is 4.70. The van der Waals surface area contributed by atoms with Gasteiger partial charge >= 0.3 is 0 Å². The Balaban J connectivity index is 1.59. The van der Waals surface area contributed by atoms with Gasteiger partial charge in [-0.15, -0.1) is 10.2 Å². The minimum Gasteiger partial charge on any atom is -0.325 e. The summed E-state index contributed by atoms with van der Waals surface area (Å²) < 4.78 is 1.74. The van der Waals surface area contributed by atoms with Gasteiger partial charge in [0.2, 0.25) is 5.91 Å². The van der Waals surface area contributed by atoms with Gasteiger partial charge in [0.15, 0.2) is 5.16 Å². The zero-order valence-corrected chi connectivity index (χ0v) is 14.9. The highest BCUT2D eigenvalue weighted by Crippen LogP contribution is 2.16. The van der Waals surface area contributed by atoms with Crippen molar-refractivity contribution in [3.8, 4) is 0 Å². The van der Waals surface area contributed by atoms with Gasteiger partial charge in [0.05, 0.1) is 5.75 Å². The first kappa shape index (κ1) is 17.7. The molecule has 0 saturated carbocycles. The second-order valence-corrected chi connectivity index (χ2v) is 6.40. The average Bonchev–Trinajstić information content (AvgIpc) is 3.06. The molecule has 132 valence electrons. The number of rotatable bonds is 6. The van der Waals surface area contributed by atoms with Crippen molar-refractivity contribution in [2.24, 2.45) is 7.05 Å². The van der Waals surface area contributed by atoms with Crippen molar-refractivity contribution in [1.82, 2.24) is 14.8 Å². The lowest BCUT2D eigenvalue weighted by Crippen LogP contribution is -2.16. The normalized spacial score (nSPS) is 10.3. The molecule has 3 rings (SSSR count). The summed E-state index contributed by atoms with van der Waals surface area (Å²) in [5.41, 5.74) is 1.74. The van der Waals surface area contributed by atoms with Crippen molar-refractivity contribution >= 4 is 35.0 Å². The minimum atomic E-state index is -0.235. The first-order valence-electron chi connectivity index (χ1n) is 7.85. The number of carbonyl (C=O) groups is 2. The number of benzene rings is 2. The molecule has 0 spiro atoms. The van der Waals surface area contributed by atoms with Gasteiger partial charge in [-0.3, -0.25) is 9.59 Å². The standard InChI is InChI=1S/C18H17N5O2S/c1-23-12-19-22-18(23)26-11-16(24)20-15-9-5-6-13(10-15)17(25)21-14-7-3-2-4-8-14/h2-10,12H,11H2,1H3,(H,20,24)(H,21,25). The van der Waals surface area contributed by atoms with Crippen LogP contribution in [0.2, 0.25) is 0 Å². The molecule has 3 aromatic rings. The lowest BCUT2D eigenvalue weighted by Gasteiger charge is -2.08. The molecule has 0 saturated heterocycles. The maximum atomic E-state index is 12.3. The molecule has 0 radical (unpaired) electrons. The van der Waals surface area contributed by atoms with E-state index in [9.17, 15) is 9.59 Å². The number of nitrogens with one attached hydrogen (secondary N) is 2. The SMILES string of the molecule is Cn1cnnc1SCC(=O)Nc1cccc(C(=O)Nc2ccccc2)c1. The Labute approximate surface area is 154 Å². The van der Waals surface area contributed by atoms with E-state index in [4.69, 9.17) is 0 Å². The molecule has 0 aliphatic rings. The van der Waals surface area contributed by atoms with Crippen molar-refractivity contribution in [2.45, 2.75) is 5.16 Å². The highest BCUT2D eigenvalue weighted by molar-refractivity contribution is 7.99. The Bertz CT molecular complexity index is 911. The number of anilines is 2. The zero-order valence-electron chi connectivity index (χ0n) is 14.0. The molecule has 2 N–H and O–H groups in total. The van der Waals surface area contributed by atoms with Crippen molar-refractivity contribution in [3.63, 3.8) is 0 Å². The van der Waals surface area contributed by atoms with Crippen LogP contribution in [0.25, 0.3) is 0 Å². The lowest BCUT2D eigenvalue weighted by atomic mass is 10.2. The van der Waals surface area contributed by atoms with Crippen molar-refractivity contribution in [2.75, 3.05) is 16.4 Å². The van der Waals surface area contributed by atoms with Gasteiger partial charge in [-0.2, -0.15) is 0 Å². The number of para-hydroxylation sites is 1. The van der Waals surface area contributed by atoms with Gasteiger partial charge in [0.25, 0.3) is 5.91 Å². The van der Waals surface area contributed by atoms with E-state index in [1.54, 1.807) is 35.2 Å². The molecule has 0 fully saturated rings. The second-order valence-electron chi connectivity index (χ2n) is 5.46. The topological polar surface area (TPSA) is 88.9 Å². The fourth-order valence-electron chi connectivity index (χ4n) is 2.19. The Morgan fingerprint density at radius 3 is 2.54 bits per heavy atom. The molecular formula is C18H17N5O2S. The first-order chi connectivity index (χ1) is 12.6. The Morgan fingerprint density at radius 1 is 1.04 bits per heavy atom. The van der Waals surface area contributed by atoms with E-state index >= 15 is 0 Å². The third-order valence-electron chi connectivity index (χ3n) is 3.44. The van der Waals surface area contributed by atoms with E-state index in [0.29, 0.717) is 22.1 Å². The molecule has 2 aromatic carbocycles. The number of aromatic nitrogens is 3. The van der Waals surface area contributed by atoms with Gasteiger partial charge in [-0.1, -0.05) is 36.0 Å². The van der Waals surface area contributed by atoms with E-state index in [2.05, 4.69) is 20.8 Å². The van der Waals surface area contributed by atoms with Crippen LogP contribution in [0.5, 0.6) is 0 Å². The highest BCUT2D eigenvalue weighted by atomic mass is 32.2. The summed E-state index contributed by atoms with van der Waals surface area (Å²) in [6.45, 7) is 0. The summed E-state index contributed by atoms with van der Waals surface area (Å²) in [5, 5.41) is 13.9. The van der Waals surface area contributed by atoms with Crippen LogP contribution in [-0.4, -0.2) is 32.3 Å². The van der Waals surface area contributed by atoms with Gasteiger partial charge in [-0.25, -0.2) is 0 Å². The van der Waals surface area contributed by atoms with Gasteiger partial charge < -0.3 is 15.2 Å². The predicted octanol–water partition coefficient (Wildman–Crippen LogP) is 2.80. The molecule has 0 aliphatic carbocycles. The highest BCUT2D eigenvalue weighted by Gasteiger charge is 2.10. The molecule has 1 aromatic heterocycles. The molecule has 0 unspecified atom stereocenters. The summed E-state index contributed by atoms with van der Waals surface area (Å²) in [6, 6.07) is 16.0. The van der Waals surface area contributed by atoms with Crippen LogP contribution >= 0.6 is 11.8 Å². The van der Waals surface area contributed by atoms with Crippen LogP contribution in [0.1, 0.15) is 10.4 Å². The van der Waals surface area contributed by atoms with Gasteiger partial charge in [0, 0.05) is 24.0 Å². The molecule has 7 nitrogen and oxygen atoms in total. The number of carbonyl (C=O) groups excluding carboxylic acids is 2.